The largest absolute Gasteiger partial charge is 0.465 e. The van der Waals surface area contributed by atoms with E-state index in [2.05, 4.69) is 4.74 Å². The third kappa shape index (κ3) is 8.82. The molecule has 208 valence electrons. The van der Waals surface area contributed by atoms with Gasteiger partial charge in [0.15, 0.2) is 0 Å². The van der Waals surface area contributed by atoms with Crippen LogP contribution in [0.15, 0.2) is 0 Å². The quantitative estimate of drug-likeness (QED) is 0.237. The highest BCUT2D eigenvalue weighted by atomic mass is 19.4. The van der Waals surface area contributed by atoms with Gasteiger partial charge in [-0.2, -0.15) is 43.9 Å². The standard InChI is InChI=1S/C18H22F13NO3/c19-13(20,11-14(21,17(26,27)28)18(29,30)31)2-3-15(22,23)16(24,25)4-8-35-12(33)1-5-32-6-9-34-10-7-32/h1-11H2. The van der Waals surface area contributed by atoms with Crippen molar-refractivity contribution in [2.24, 2.45) is 0 Å². The maximum absolute atomic E-state index is 13.8. The van der Waals surface area contributed by atoms with Gasteiger partial charge in [-0.25, -0.2) is 13.2 Å². The van der Waals surface area contributed by atoms with Crippen LogP contribution < -0.4 is 0 Å². The summed E-state index contributed by atoms with van der Waals surface area (Å²) in [7, 11) is 0. The lowest BCUT2D eigenvalue weighted by atomic mass is 9.91. The third-order valence-electron chi connectivity index (χ3n) is 5.16. The van der Waals surface area contributed by atoms with E-state index in [0.717, 1.165) is 0 Å². The lowest BCUT2D eigenvalue weighted by molar-refractivity contribution is -0.355. The summed E-state index contributed by atoms with van der Waals surface area (Å²) >= 11 is 0. The lowest BCUT2D eigenvalue weighted by Gasteiger charge is -2.33. The molecule has 17 heteroatoms. The monoisotopic (exact) mass is 547 g/mol. The average molecular weight is 547 g/mol. The molecule has 0 amide bonds. The zero-order chi connectivity index (χ0) is 27.3. The summed E-state index contributed by atoms with van der Waals surface area (Å²) in [5.41, 5.74) is -6.45. The van der Waals surface area contributed by atoms with Gasteiger partial charge in [0.25, 0.3) is 5.92 Å². The average Bonchev–Trinajstić information content (AvgIpc) is 2.69. The Bertz CT molecular complexity index is 674. The third-order valence-corrected chi connectivity index (χ3v) is 5.16. The van der Waals surface area contributed by atoms with Gasteiger partial charge in [0, 0.05) is 32.5 Å². The number of hydrogen-bond donors (Lipinski definition) is 0. The molecule has 0 aromatic heterocycles. The molecule has 0 unspecified atom stereocenters. The van der Waals surface area contributed by atoms with Crippen LogP contribution in [0.1, 0.15) is 32.1 Å². The highest BCUT2D eigenvalue weighted by Gasteiger charge is 2.75. The molecule has 0 N–H and O–H groups in total. The van der Waals surface area contributed by atoms with Crippen molar-refractivity contribution in [1.82, 2.24) is 4.90 Å². The zero-order valence-electron chi connectivity index (χ0n) is 17.9. The van der Waals surface area contributed by atoms with Crippen LogP contribution >= 0.6 is 0 Å². The number of halogens is 13. The first-order valence-corrected chi connectivity index (χ1v) is 10.1. The van der Waals surface area contributed by atoms with E-state index in [4.69, 9.17) is 4.74 Å². The van der Waals surface area contributed by atoms with E-state index in [1.54, 1.807) is 4.90 Å². The molecular formula is C18H22F13NO3. The number of nitrogens with zero attached hydrogens (tertiary/aromatic N) is 1. The van der Waals surface area contributed by atoms with E-state index < -0.39 is 74.0 Å². The van der Waals surface area contributed by atoms with Gasteiger partial charge < -0.3 is 9.47 Å². The summed E-state index contributed by atoms with van der Waals surface area (Å²) < 4.78 is 180. The van der Waals surface area contributed by atoms with Crippen molar-refractivity contribution < 1.29 is 71.3 Å². The van der Waals surface area contributed by atoms with Crippen LogP contribution in [0, 0.1) is 0 Å². The van der Waals surface area contributed by atoms with Crippen LogP contribution in [-0.2, 0) is 14.3 Å². The van der Waals surface area contributed by atoms with Gasteiger partial charge in [0.05, 0.1) is 39.1 Å². The van der Waals surface area contributed by atoms with Crippen LogP contribution in [0.2, 0.25) is 0 Å². The molecule has 1 fully saturated rings. The van der Waals surface area contributed by atoms with Gasteiger partial charge in [-0.3, -0.25) is 9.69 Å². The Balaban J connectivity index is 2.62. The Morgan fingerprint density at radius 3 is 1.71 bits per heavy atom. The number of esters is 1. The van der Waals surface area contributed by atoms with Gasteiger partial charge >= 0.3 is 35.8 Å². The minimum atomic E-state index is -6.87. The smallest absolute Gasteiger partial charge is 0.431 e. The summed E-state index contributed by atoms with van der Waals surface area (Å²) in [6.07, 6.45) is -24.7. The Kier molecular flexibility index (Phi) is 10.1. The normalized spacial score (nSPS) is 17.5. The molecule has 1 saturated heterocycles. The highest BCUT2D eigenvalue weighted by molar-refractivity contribution is 5.69. The molecule has 0 aromatic rings. The molecule has 0 aromatic carbocycles. The van der Waals surface area contributed by atoms with Crippen LogP contribution in [-0.4, -0.2) is 86.1 Å². The van der Waals surface area contributed by atoms with Crippen LogP contribution in [0.5, 0.6) is 0 Å². The van der Waals surface area contributed by atoms with Gasteiger partial charge in [-0.05, 0) is 0 Å². The Labute approximate surface area is 190 Å². The molecule has 1 heterocycles. The SMILES string of the molecule is O=C(CCN1CCOCC1)OCCC(F)(F)C(F)(F)CCC(F)(F)CC(F)(C(F)(F)F)C(F)(F)F. The second-order valence-corrected chi connectivity index (χ2v) is 7.91. The number of alkyl halides is 13. The van der Waals surface area contributed by atoms with E-state index in [1.165, 1.54) is 0 Å². The van der Waals surface area contributed by atoms with Gasteiger partial charge in [0.1, 0.15) is 0 Å². The fourth-order valence-corrected chi connectivity index (χ4v) is 2.95. The summed E-state index contributed by atoms with van der Waals surface area (Å²) in [6.45, 7) is 0.657. The number of hydrogen-bond acceptors (Lipinski definition) is 4. The van der Waals surface area contributed by atoms with Gasteiger partial charge in [-0.1, -0.05) is 0 Å². The van der Waals surface area contributed by atoms with E-state index in [0.29, 0.717) is 26.3 Å². The van der Waals surface area contributed by atoms with Crippen LogP contribution in [0.25, 0.3) is 0 Å². The van der Waals surface area contributed by atoms with Crippen molar-refractivity contribution in [2.45, 2.75) is 67.9 Å². The summed E-state index contributed by atoms with van der Waals surface area (Å²) in [5, 5.41) is 0. The minimum Gasteiger partial charge on any atom is -0.465 e. The van der Waals surface area contributed by atoms with Crippen molar-refractivity contribution in [3.8, 4) is 0 Å². The van der Waals surface area contributed by atoms with Crippen molar-refractivity contribution in [2.75, 3.05) is 39.5 Å². The van der Waals surface area contributed by atoms with Crippen LogP contribution in [0.3, 0.4) is 0 Å². The first-order chi connectivity index (χ1) is 15.6. The predicted octanol–water partition coefficient (Wildman–Crippen LogP) is 5.55. The van der Waals surface area contributed by atoms with Crippen LogP contribution in [0.4, 0.5) is 57.1 Å². The number of carbonyl (C=O) groups excluding carboxylic acids is 1. The second kappa shape index (κ2) is 11.3. The number of morpholine rings is 1. The van der Waals surface area contributed by atoms with Crippen molar-refractivity contribution in [3.05, 3.63) is 0 Å². The number of ether oxygens (including phenoxy) is 2. The molecule has 4 nitrogen and oxygen atoms in total. The van der Waals surface area contributed by atoms with E-state index in [1.807, 2.05) is 0 Å². The van der Waals surface area contributed by atoms with Crippen molar-refractivity contribution >= 4 is 5.97 Å². The predicted molar refractivity (Wildman–Crippen MR) is 92.1 cm³/mol. The highest BCUT2D eigenvalue weighted by Crippen LogP contribution is 2.52. The fraction of sp³-hybridized carbons (Fsp3) is 0.944. The molecular weight excluding hydrogens is 525 g/mol. The maximum atomic E-state index is 13.8. The molecule has 0 radical (unpaired) electrons. The summed E-state index contributed by atoms with van der Waals surface area (Å²) in [5.74, 6) is -16.9. The summed E-state index contributed by atoms with van der Waals surface area (Å²) in [4.78, 5) is 13.3. The van der Waals surface area contributed by atoms with E-state index in [-0.39, 0.29) is 13.0 Å². The molecule has 35 heavy (non-hydrogen) atoms. The second-order valence-electron chi connectivity index (χ2n) is 7.91. The van der Waals surface area contributed by atoms with Crippen molar-refractivity contribution in [1.29, 1.82) is 0 Å². The molecule has 1 aliphatic heterocycles. The Morgan fingerprint density at radius 1 is 0.743 bits per heavy atom. The molecule has 1 aliphatic rings. The van der Waals surface area contributed by atoms with E-state index in [9.17, 15) is 61.9 Å². The first kappa shape index (κ1) is 31.5. The minimum absolute atomic E-state index is 0.162. The lowest BCUT2D eigenvalue weighted by Crippen LogP contribution is -2.56. The molecule has 0 aliphatic carbocycles. The molecule has 0 saturated carbocycles. The Morgan fingerprint density at radius 2 is 1.23 bits per heavy atom. The van der Waals surface area contributed by atoms with Gasteiger partial charge in [-0.15, -0.1) is 0 Å². The molecule has 1 rings (SSSR count). The fourth-order valence-electron chi connectivity index (χ4n) is 2.95. The molecule has 0 atom stereocenters. The maximum Gasteiger partial charge on any atom is 0.431 e. The molecule has 0 bridgehead atoms. The number of carbonyl (C=O) groups is 1. The summed E-state index contributed by atoms with van der Waals surface area (Å²) in [6, 6.07) is 0. The molecule has 0 spiro atoms. The zero-order valence-corrected chi connectivity index (χ0v) is 17.9. The van der Waals surface area contributed by atoms with Gasteiger partial charge in [0.2, 0.25) is 0 Å². The topological polar surface area (TPSA) is 38.8 Å². The van der Waals surface area contributed by atoms with Crippen molar-refractivity contribution in [3.63, 3.8) is 0 Å². The number of rotatable bonds is 12. The Hall–Kier alpha value is -1.52. The van der Waals surface area contributed by atoms with E-state index >= 15 is 0 Å². The first-order valence-electron chi connectivity index (χ1n) is 10.1.